The molecule has 0 radical (unpaired) electrons. The van der Waals surface area contributed by atoms with E-state index >= 15 is 0 Å². The molecule has 0 saturated heterocycles. The zero-order valence-corrected chi connectivity index (χ0v) is 18.3. The topological polar surface area (TPSA) is 73.2 Å². The Hall–Kier alpha value is -1.85. The first-order valence-electron chi connectivity index (χ1n) is 12.0. The summed E-state index contributed by atoms with van der Waals surface area (Å²) in [6.45, 7) is 1.92. The van der Waals surface area contributed by atoms with Crippen LogP contribution in [0.15, 0.2) is 12.4 Å². The van der Waals surface area contributed by atoms with E-state index in [0.717, 1.165) is 30.6 Å². The van der Waals surface area contributed by atoms with Gasteiger partial charge in [-0.05, 0) is 81.0 Å². The van der Waals surface area contributed by atoms with E-state index in [9.17, 15) is 9.59 Å². The van der Waals surface area contributed by atoms with E-state index in [0.29, 0.717) is 24.3 Å². The number of carbonyl (C=O) groups is 2. The van der Waals surface area contributed by atoms with E-state index in [1.807, 2.05) is 13.1 Å². The summed E-state index contributed by atoms with van der Waals surface area (Å²) in [6, 6.07) is 0.125. The summed E-state index contributed by atoms with van der Waals surface area (Å²) in [6.07, 6.45) is 14.3. The van der Waals surface area contributed by atoms with Crippen molar-refractivity contribution in [1.29, 1.82) is 0 Å². The predicted molar refractivity (Wildman–Crippen MR) is 112 cm³/mol. The third-order valence-corrected chi connectivity index (χ3v) is 9.01. The molecule has 6 nitrogen and oxygen atoms in total. The number of esters is 1. The van der Waals surface area contributed by atoms with Crippen molar-refractivity contribution in [3.8, 4) is 0 Å². The van der Waals surface area contributed by atoms with Crippen LogP contribution < -0.4 is 5.32 Å². The molecule has 1 N–H and O–H groups in total. The molecule has 30 heavy (non-hydrogen) atoms. The number of hydrogen-bond acceptors (Lipinski definition) is 4. The van der Waals surface area contributed by atoms with Gasteiger partial charge in [-0.25, -0.2) is 9.78 Å². The van der Waals surface area contributed by atoms with Crippen LogP contribution in [-0.2, 0) is 20.7 Å². The molecule has 2 heterocycles. The number of aryl methyl sites for hydroxylation is 1. The van der Waals surface area contributed by atoms with Crippen molar-refractivity contribution in [3.63, 3.8) is 0 Å². The van der Waals surface area contributed by atoms with Crippen LogP contribution in [0.1, 0.15) is 70.2 Å². The normalized spacial score (nSPS) is 37.9. The van der Waals surface area contributed by atoms with E-state index in [4.69, 9.17) is 4.74 Å². The summed E-state index contributed by atoms with van der Waals surface area (Å²) >= 11 is 0. The number of nitrogens with one attached hydrogen (secondary N) is 1. The van der Waals surface area contributed by atoms with Gasteiger partial charge in [-0.2, -0.15) is 0 Å². The standard InChI is InChI=1S/C24H35N3O3/c1-3-20(24(29)30-2)26-23(28)19-7-6-14-15-8-10-21-18(16(15)4-5-17(14)19)9-11-22-25-12-13-27(21)22/h12-21H,3-11H2,1-2H3,(H,26,28)/t14-,15-,16-,17-,18+,19+,20?,21?/m0/s1. The number of hydrogen-bond donors (Lipinski definition) is 1. The maximum absolute atomic E-state index is 13.1. The third kappa shape index (κ3) is 3.18. The monoisotopic (exact) mass is 413 g/mol. The highest BCUT2D eigenvalue weighted by molar-refractivity contribution is 5.86. The van der Waals surface area contributed by atoms with E-state index in [2.05, 4.69) is 21.1 Å². The highest BCUT2D eigenvalue weighted by Gasteiger charge is 2.53. The van der Waals surface area contributed by atoms with Crippen molar-refractivity contribution in [2.75, 3.05) is 7.11 Å². The lowest BCUT2D eigenvalue weighted by Crippen LogP contribution is -2.48. The Morgan fingerprint density at radius 2 is 1.77 bits per heavy atom. The van der Waals surface area contributed by atoms with Gasteiger partial charge in [0.05, 0.1) is 7.11 Å². The summed E-state index contributed by atoms with van der Waals surface area (Å²) in [5.41, 5.74) is 0. The molecule has 2 unspecified atom stereocenters. The Labute approximate surface area is 179 Å². The Balaban J connectivity index is 1.27. The van der Waals surface area contributed by atoms with Gasteiger partial charge in [0.2, 0.25) is 5.91 Å². The highest BCUT2D eigenvalue weighted by Crippen LogP contribution is 2.59. The van der Waals surface area contributed by atoms with Crippen LogP contribution in [0, 0.1) is 35.5 Å². The Morgan fingerprint density at radius 3 is 2.57 bits per heavy atom. The largest absolute Gasteiger partial charge is 0.467 e. The number of imidazole rings is 1. The lowest BCUT2D eigenvalue weighted by atomic mass is 9.56. The van der Waals surface area contributed by atoms with Crippen molar-refractivity contribution < 1.29 is 14.3 Å². The van der Waals surface area contributed by atoms with Crippen molar-refractivity contribution in [3.05, 3.63) is 18.2 Å². The van der Waals surface area contributed by atoms with Gasteiger partial charge in [0.1, 0.15) is 11.9 Å². The molecule has 164 valence electrons. The second-order valence-electron chi connectivity index (χ2n) is 10.0. The van der Waals surface area contributed by atoms with Crippen LogP contribution in [0.3, 0.4) is 0 Å². The fourth-order valence-corrected chi connectivity index (χ4v) is 7.75. The highest BCUT2D eigenvalue weighted by atomic mass is 16.5. The molecule has 0 bridgehead atoms. The van der Waals surface area contributed by atoms with Crippen LogP contribution in [-0.4, -0.2) is 34.6 Å². The quantitative estimate of drug-likeness (QED) is 0.767. The second kappa shape index (κ2) is 8.01. The molecule has 3 saturated carbocycles. The summed E-state index contributed by atoms with van der Waals surface area (Å²) in [4.78, 5) is 29.5. The van der Waals surface area contributed by atoms with Crippen LogP contribution >= 0.6 is 0 Å². The average molecular weight is 414 g/mol. The Morgan fingerprint density at radius 1 is 1.07 bits per heavy atom. The molecule has 1 amide bonds. The van der Waals surface area contributed by atoms with Crippen LogP contribution in [0.2, 0.25) is 0 Å². The lowest BCUT2D eigenvalue weighted by molar-refractivity contribution is -0.146. The third-order valence-electron chi connectivity index (χ3n) is 9.01. The van der Waals surface area contributed by atoms with E-state index in [1.54, 1.807) is 0 Å². The molecular formula is C24H35N3O3. The number of nitrogens with zero attached hydrogens (tertiary/aromatic N) is 2. The van der Waals surface area contributed by atoms with Gasteiger partial charge < -0.3 is 14.6 Å². The van der Waals surface area contributed by atoms with Crippen molar-refractivity contribution >= 4 is 11.9 Å². The summed E-state index contributed by atoms with van der Waals surface area (Å²) in [7, 11) is 1.39. The number of ether oxygens (including phenoxy) is 1. The molecule has 0 spiro atoms. The zero-order valence-electron chi connectivity index (χ0n) is 18.3. The SMILES string of the molecule is CCC(NC(=O)[C@@H]1CC[C@H]2[C@@H]3CCC4[C@H](CCc5nccn54)[C@H]3CC[C@@H]21)C(=O)OC. The number of fused-ring (bicyclic) bond motifs is 7. The molecule has 3 aliphatic carbocycles. The fourth-order valence-electron chi connectivity index (χ4n) is 7.75. The molecule has 1 aromatic rings. The van der Waals surface area contributed by atoms with E-state index in [-0.39, 0.29) is 17.8 Å². The minimum Gasteiger partial charge on any atom is -0.467 e. The maximum Gasteiger partial charge on any atom is 0.328 e. The predicted octanol–water partition coefficient (Wildman–Crippen LogP) is 3.52. The maximum atomic E-state index is 13.1. The van der Waals surface area contributed by atoms with Gasteiger partial charge in [-0.1, -0.05) is 6.92 Å². The second-order valence-corrected chi connectivity index (χ2v) is 10.0. The van der Waals surface area contributed by atoms with Gasteiger partial charge in [0.25, 0.3) is 0 Å². The Bertz CT molecular complexity index is 805. The molecule has 4 aliphatic rings. The first-order valence-corrected chi connectivity index (χ1v) is 12.0. The van der Waals surface area contributed by atoms with E-state index in [1.165, 1.54) is 51.5 Å². The summed E-state index contributed by atoms with van der Waals surface area (Å²) < 4.78 is 7.32. The summed E-state index contributed by atoms with van der Waals surface area (Å²) in [5, 5.41) is 2.99. The number of carbonyl (C=O) groups excluding carboxylic acids is 2. The number of methoxy groups -OCH3 is 1. The van der Waals surface area contributed by atoms with Crippen LogP contribution in [0.5, 0.6) is 0 Å². The van der Waals surface area contributed by atoms with Gasteiger partial charge in [-0.3, -0.25) is 4.79 Å². The molecule has 1 aliphatic heterocycles. The molecule has 3 fully saturated rings. The minimum atomic E-state index is -0.514. The van der Waals surface area contributed by atoms with Gasteiger partial charge >= 0.3 is 5.97 Å². The van der Waals surface area contributed by atoms with Crippen molar-refractivity contribution in [2.24, 2.45) is 35.5 Å². The molecule has 1 aromatic heterocycles. The van der Waals surface area contributed by atoms with Gasteiger partial charge in [0.15, 0.2) is 0 Å². The molecule has 6 heteroatoms. The lowest BCUT2D eigenvalue weighted by Gasteiger charge is -2.52. The number of aromatic nitrogens is 2. The average Bonchev–Trinajstić information content (AvgIpc) is 3.43. The first-order chi connectivity index (χ1) is 14.6. The van der Waals surface area contributed by atoms with Crippen molar-refractivity contribution in [1.82, 2.24) is 14.9 Å². The number of amides is 1. The summed E-state index contributed by atoms with van der Waals surface area (Å²) in [5.74, 6) is 4.62. The zero-order chi connectivity index (χ0) is 20.8. The van der Waals surface area contributed by atoms with Crippen LogP contribution in [0.4, 0.5) is 0 Å². The van der Waals surface area contributed by atoms with Crippen LogP contribution in [0.25, 0.3) is 0 Å². The number of rotatable bonds is 4. The minimum absolute atomic E-state index is 0.0685. The first kappa shape index (κ1) is 20.1. The molecule has 0 aromatic carbocycles. The van der Waals surface area contributed by atoms with E-state index < -0.39 is 6.04 Å². The van der Waals surface area contributed by atoms with Crippen molar-refractivity contribution in [2.45, 2.75) is 76.8 Å². The molecule has 8 atom stereocenters. The van der Waals surface area contributed by atoms with Gasteiger partial charge in [0, 0.05) is 30.8 Å². The fraction of sp³-hybridized carbons (Fsp3) is 0.792. The Kier molecular flexibility index (Phi) is 5.36. The van der Waals surface area contributed by atoms with Gasteiger partial charge in [-0.15, -0.1) is 0 Å². The molecular weight excluding hydrogens is 378 g/mol. The smallest absolute Gasteiger partial charge is 0.328 e. The molecule has 5 rings (SSSR count).